The summed E-state index contributed by atoms with van der Waals surface area (Å²) in [7, 11) is 0. The molecule has 0 aliphatic carbocycles. The van der Waals surface area contributed by atoms with Gasteiger partial charge >= 0.3 is 0 Å². The predicted molar refractivity (Wildman–Crippen MR) is 86.2 cm³/mol. The first-order valence-corrected chi connectivity index (χ1v) is 7.64. The highest BCUT2D eigenvalue weighted by Crippen LogP contribution is 2.31. The molecule has 2 aromatic rings. The number of rotatable bonds is 5. The van der Waals surface area contributed by atoms with E-state index in [1.807, 2.05) is 41.3 Å². The van der Waals surface area contributed by atoms with Gasteiger partial charge in [-0.2, -0.15) is 0 Å². The second-order valence-electron chi connectivity index (χ2n) is 5.51. The Morgan fingerprint density at radius 3 is 2.87 bits per heavy atom. The van der Waals surface area contributed by atoms with Crippen LogP contribution in [0.5, 0.6) is 0 Å². The summed E-state index contributed by atoms with van der Waals surface area (Å²) >= 11 is 0. The Bertz CT molecular complexity index is 680. The van der Waals surface area contributed by atoms with Crippen LogP contribution in [0.3, 0.4) is 0 Å². The van der Waals surface area contributed by atoms with Gasteiger partial charge < -0.3 is 4.90 Å². The van der Waals surface area contributed by atoms with Crippen LogP contribution < -0.4 is 0 Å². The SMILES string of the molecule is C=CC[C@@H]1CC=C[C@@H](c2ccccc2)N1C(=O)Cn1cnnn1. The van der Waals surface area contributed by atoms with Crippen LogP contribution in [0, 0.1) is 0 Å². The van der Waals surface area contributed by atoms with Gasteiger partial charge in [0.15, 0.2) is 0 Å². The number of aromatic nitrogens is 4. The molecule has 1 aliphatic rings. The predicted octanol–water partition coefficient (Wildman–Crippen LogP) is 2.15. The van der Waals surface area contributed by atoms with Crippen LogP contribution in [-0.4, -0.2) is 37.1 Å². The zero-order valence-electron chi connectivity index (χ0n) is 12.8. The molecular formula is C17H19N5O. The van der Waals surface area contributed by atoms with Crippen molar-refractivity contribution in [2.75, 3.05) is 0 Å². The van der Waals surface area contributed by atoms with E-state index < -0.39 is 0 Å². The number of nitrogens with zero attached hydrogens (tertiary/aromatic N) is 5. The lowest BCUT2D eigenvalue weighted by molar-refractivity contribution is -0.136. The van der Waals surface area contributed by atoms with Crippen molar-refractivity contribution in [1.82, 2.24) is 25.1 Å². The van der Waals surface area contributed by atoms with Gasteiger partial charge in [-0.05, 0) is 28.8 Å². The van der Waals surface area contributed by atoms with Crippen LogP contribution in [0.25, 0.3) is 0 Å². The minimum atomic E-state index is -0.0705. The lowest BCUT2D eigenvalue weighted by Crippen LogP contribution is -2.45. The smallest absolute Gasteiger partial charge is 0.245 e. The van der Waals surface area contributed by atoms with Gasteiger partial charge in [0.1, 0.15) is 12.9 Å². The third-order valence-corrected chi connectivity index (χ3v) is 3.98. The number of hydrogen-bond acceptors (Lipinski definition) is 4. The molecular weight excluding hydrogens is 290 g/mol. The third-order valence-electron chi connectivity index (χ3n) is 3.98. The van der Waals surface area contributed by atoms with Gasteiger partial charge in [-0.1, -0.05) is 48.6 Å². The van der Waals surface area contributed by atoms with E-state index in [-0.39, 0.29) is 24.5 Å². The molecule has 1 amide bonds. The summed E-state index contributed by atoms with van der Waals surface area (Å²) in [5, 5.41) is 11.0. The monoisotopic (exact) mass is 309 g/mol. The van der Waals surface area contributed by atoms with E-state index in [1.54, 1.807) is 0 Å². The Morgan fingerprint density at radius 1 is 1.35 bits per heavy atom. The first-order chi connectivity index (χ1) is 11.3. The minimum absolute atomic E-state index is 0.00218. The fourth-order valence-electron chi connectivity index (χ4n) is 2.95. The fourth-order valence-corrected chi connectivity index (χ4v) is 2.95. The van der Waals surface area contributed by atoms with E-state index >= 15 is 0 Å². The highest BCUT2D eigenvalue weighted by Gasteiger charge is 2.31. The van der Waals surface area contributed by atoms with Gasteiger partial charge in [0.05, 0.1) is 6.04 Å². The number of amides is 1. The second-order valence-corrected chi connectivity index (χ2v) is 5.51. The van der Waals surface area contributed by atoms with Gasteiger partial charge in [0.2, 0.25) is 5.91 Å². The number of hydrogen-bond donors (Lipinski definition) is 0. The van der Waals surface area contributed by atoms with Crippen LogP contribution in [0.15, 0.2) is 61.5 Å². The van der Waals surface area contributed by atoms with Gasteiger partial charge in [0.25, 0.3) is 0 Å². The summed E-state index contributed by atoms with van der Waals surface area (Å²) in [6.07, 6.45) is 9.14. The maximum Gasteiger partial charge on any atom is 0.245 e. The van der Waals surface area contributed by atoms with Crippen molar-refractivity contribution in [3.8, 4) is 0 Å². The standard InChI is InChI=1S/C17H19N5O/c1-2-7-15-10-6-11-16(14-8-4-3-5-9-14)22(15)17(23)12-21-13-18-19-20-21/h2-6,8-9,11,13,15-16H,1,7,10,12H2/t15-,16+/m1/s1. The topological polar surface area (TPSA) is 63.9 Å². The molecule has 6 heteroatoms. The average molecular weight is 309 g/mol. The maximum absolute atomic E-state index is 12.9. The normalized spacial score (nSPS) is 20.4. The molecule has 0 bridgehead atoms. The zero-order valence-corrected chi connectivity index (χ0v) is 12.8. The van der Waals surface area contributed by atoms with Crippen molar-refractivity contribution in [3.05, 3.63) is 67.0 Å². The summed E-state index contributed by atoms with van der Waals surface area (Å²) < 4.78 is 1.45. The summed E-state index contributed by atoms with van der Waals surface area (Å²) in [5.41, 5.74) is 1.10. The molecule has 0 saturated heterocycles. The Labute approximate surface area is 135 Å². The van der Waals surface area contributed by atoms with Crippen molar-refractivity contribution in [1.29, 1.82) is 0 Å². The Hall–Kier alpha value is -2.76. The zero-order chi connectivity index (χ0) is 16.1. The molecule has 1 aromatic carbocycles. The molecule has 6 nitrogen and oxygen atoms in total. The summed E-state index contributed by atoms with van der Waals surface area (Å²) in [6, 6.07) is 10.1. The average Bonchev–Trinajstić information content (AvgIpc) is 3.08. The Morgan fingerprint density at radius 2 is 2.17 bits per heavy atom. The number of tetrazole rings is 1. The molecule has 0 unspecified atom stereocenters. The lowest BCUT2D eigenvalue weighted by atomic mass is 9.94. The van der Waals surface area contributed by atoms with E-state index in [9.17, 15) is 4.79 Å². The first kappa shape index (κ1) is 15.1. The molecule has 0 saturated carbocycles. The molecule has 1 aromatic heterocycles. The molecule has 0 spiro atoms. The quantitative estimate of drug-likeness (QED) is 0.794. The van der Waals surface area contributed by atoms with Crippen LogP contribution >= 0.6 is 0 Å². The van der Waals surface area contributed by atoms with Crippen LogP contribution in [0.1, 0.15) is 24.4 Å². The van der Waals surface area contributed by atoms with E-state index in [0.29, 0.717) is 0 Å². The first-order valence-electron chi connectivity index (χ1n) is 7.64. The maximum atomic E-state index is 12.9. The molecule has 0 fully saturated rings. The van der Waals surface area contributed by atoms with E-state index in [0.717, 1.165) is 18.4 Å². The second kappa shape index (κ2) is 7.00. The highest BCUT2D eigenvalue weighted by molar-refractivity contribution is 5.77. The third kappa shape index (κ3) is 3.36. The van der Waals surface area contributed by atoms with Crippen LogP contribution in [0.4, 0.5) is 0 Å². The number of carbonyl (C=O) groups excluding carboxylic acids is 1. The molecule has 0 N–H and O–H groups in total. The highest BCUT2D eigenvalue weighted by atomic mass is 16.2. The fraction of sp³-hybridized carbons (Fsp3) is 0.294. The number of carbonyl (C=O) groups is 1. The van der Waals surface area contributed by atoms with E-state index in [1.165, 1.54) is 11.0 Å². The van der Waals surface area contributed by atoms with Crippen molar-refractivity contribution in [2.24, 2.45) is 0 Å². The van der Waals surface area contributed by atoms with E-state index in [4.69, 9.17) is 0 Å². The van der Waals surface area contributed by atoms with Gasteiger partial charge in [-0.25, -0.2) is 4.68 Å². The lowest BCUT2D eigenvalue weighted by Gasteiger charge is -2.39. The van der Waals surface area contributed by atoms with Gasteiger partial charge in [0, 0.05) is 6.04 Å². The summed E-state index contributed by atoms with van der Waals surface area (Å²) in [4.78, 5) is 14.8. The van der Waals surface area contributed by atoms with Gasteiger partial charge in [-0.3, -0.25) is 4.79 Å². The summed E-state index contributed by atoms with van der Waals surface area (Å²) in [5.74, 6) is 0.00218. The molecule has 23 heavy (non-hydrogen) atoms. The largest absolute Gasteiger partial charge is 0.327 e. The van der Waals surface area contributed by atoms with Crippen molar-refractivity contribution < 1.29 is 4.79 Å². The molecule has 0 radical (unpaired) electrons. The molecule has 118 valence electrons. The van der Waals surface area contributed by atoms with Gasteiger partial charge in [-0.15, -0.1) is 11.7 Å². The van der Waals surface area contributed by atoms with Crippen molar-refractivity contribution in [3.63, 3.8) is 0 Å². The Kier molecular flexibility index (Phi) is 4.61. The molecule has 2 heterocycles. The van der Waals surface area contributed by atoms with Crippen molar-refractivity contribution in [2.45, 2.75) is 31.5 Å². The van der Waals surface area contributed by atoms with Crippen LogP contribution in [-0.2, 0) is 11.3 Å². The number of benzene rings is 1. The minimum Gasteiger partial charge on any atom is -0.327 e. The summed E-state index contributed by atoms with van der Waals surface area (Å²) in [6.45, 7) is 3.96. The molecule has 1 aliphatic heterocycles. The van der Waals surface area contributed by atoms with E-state index in [2.05, 4.69) is 34.3 Å². The molecule has 2 atom stereocenters. The Balaban J connectivity index is 1.89. The molecule has 3 rings (SSSR count). The van der Waals surface area contributed by atoms with Crippen molar-refractivity contribution >= 4 is 5.91 Å². The van der Waals surface area contributed by atoms with Crippen LogP contribution in [0.2, 0.25) is 0 Å².